The Hall–Kier alpha value is -1.05. The molecule has 1 aromatic carbocycles. The summed E-state index contributed by atoms with van der Waals surface area (Å²) in [7, 11) is 0. The van der Waals surface area contributed by atoms with E-state index in [0.29, 0.717) is 17.5 Å². The van der Waals surface area contributed by atoms with Crippen LogP contribution in [0.25, 0.3) is 0 Å². The van der Waals surface area contributed by atoms with Gasteiger partial charge in [-0.05, 0) is 30.2 Å². The Morgan fingerprint density at radius 3 is 2.05 bits per heavy atom. The highest BCUT2D eigenvalue weighted by molar-refractivity contribution is 6.74. The van der Waals surface area contributed by atoms with Crippen molar-refractivity contribution in [2.24, 2.45) is 10.8 Å². The van der Waals surface area contributed by atoms with Crippen molar-refractivity contribution in [3.8, 4) is 0 Å². The molecule has 0 unspecified atom stereocenters. The molecule has 0 aromatic heterocycles. The number of carbonyl (C=O) groups is 1. The molecule has 1 aliphatic rings. The van der Waals surface area contributed by atoms with Crippen molar-refractivity contribution >= 4 is 18.0 Å². The Labute approximate surface area is 117 Å². The Bertz CT molecular complexity index is 498. The highest BCUT2D eigenvalue weighted by Crippen LogP contribution is 2.52. The first kappa shape index (κ1) is 14.4. The van der Waals surface area contributed by atoms with Gasteiger partial charge in [-0.3, -0.25) is 4.79 Å². The van der Waals surface area contributed by atoms with Gasteiger partial charge in [-0.2, -0.15) is 0 Å². The molecule has 19 heavy (non-hydrogen) atoms. The second-order valence-electron chi connectivity index (χ2n) is 7.50. The maximum absolute atomic E-state index is 11.5. The molecule has 2 rings (SSSR count). The lowest BCUT2D eigenvalue weighted by atomic mass is 9.42. The lowest BCUT2D eigenvalue weighted by Gasteiger charge is -2.35. The highest BCUT2D eigenvalue weighted by atomic mass is 16.1. The molecule has 0 N–H and O–H groups in total. The minimum Gasteiger partial charge on any atom is -0.295 e. The Morgan fingerprint density at radius 1 is 1.11 bits per heavy atom. The van der Waals surface area contributed by atoms with Gasteiger partial charge in [-0.25, -0.2) is 0 Å². The molecule has 0 aliphatic carbocycles. The van der Waals surface area contributed by atoms with Gasteiger partial charge in [0.05, 0.1) is 0 Å². The largest absolute Gasteiger partial charge is 0.295 e. The quantitative estimate of drug-likeness (QED) is 0.578. The van der Waals surface area contributed by atoms with Gasteiger partial charge < -0.3 is 0 Å². The number of aryl methyl sites for hydroxylation is 1. The van der Waals surface area contributed by atoms with Crippen LogP contribution in [0.2, 0.25) is 12.6 Å². The Kier molecular flexibility index (Phi) is 3.41. The van der Waals surface area contributed by atoms with Crippen molar-refractivity contribution in [3.05, 3.63) is 29.3 Å². The van der Waals surface area contributed by atoms with Crippen LogP contribution in [0.5, 0.6) is 0 Å². The van der Waals surface area contributed by atoms with E-state index in [-0.39, 0.29) is 5.78 Å². The zero-order valence-electron chi connectivity index (χ0n) is 13.1. The summed E-state index contributed by atoms with van der Waals surface area (Å²) >= 11 is 0. The summed E-state index contributed by atoms with van der Waals surface area (Å²) in [4.78, 5) is 11.5. The van der Waals surface area contributed by atoms with E-state index in [0.717, 1.165) is 11.1 Å². The van der Waals surface area contributed by atoms with Crippen LogP contribution >= 0.6 is 0 Å². The van der Waals surface area contributed by atoms with Gasteiger partial charge in [0.2, 0.25) is 0 Å². The molecule has 0 saturated carbocycles. The summed E-state index contributed by atoms with van der Waals surface area (Å²) in [5.41, 5.74) is 4.14. The van der Waals surface area contributed by atoms with Crippen molar-refractivity contribution < 1.29 is 4.79 Å². The molecule has 0 radical (unpaired) electrons. The number of Topliss-reactive ketones (excluding diaryl/α,β-unsaturated/α-hetero) is 1. The maximum Gasteiger partial charge on any atom is 0.176 e. The number of hydrogen-bond acceptors (Lipinski definition) is 1. The highest BCUT2D eigenvalue weighted by Gasteiger charge is 2.47. The summed E-state index contributed by atoms with van der Waals surface area (Å²) in [5, 5.41) is 0. The fraction of sp³-hybridized carbons (Fsp3) is 0.588. The molecular formula is C17H25BO. The molecule has 1 aromatic rings. The van der Waals surface area contributed by atoms with E-state index in [1.165, 1.54) is 18.1 Å². The molecule has 1 saturated heterocycles. The fourth-order valence-electron chi connectivity index (χ4n) is 3.43. The van der Waals surface area contributed by atoms with Gasteiger partial charge in [0.15, 0.2) is 12.5 Å². The van der Waals surface area contributed by atoms with Gasteiger partial charge in [-0.1, -0.05) is 64.0 Å². The molecule has 1 fully saturated rings. The van der Waals surface area contributed by atoms with Crippen molar-refractivity contribution in [1.29, 1.82) is 0 Å². The third-order valence-electron chi connectivity index (χ3n) is 5.45. The van der Waals surface area contributed by atoms with Gasteiger partial charge in [0, 0.05) is 5.56 Å². The summed E-state index contributed by atoms with van der Waals surface area (Å²) in [5.74, 6) is 0.163. The zero-order valence-corrected chi connectivity index (χ0v) is 13.1. The zero-order chi connectivity index (χ0) is 14.4. The molecule has 1 aliphatic heterocycles. The summed E-state index contributed by atoms with van der Waals surface area (Å²) < 4.78 is 0. The second-order valence-corrected chi connectivity index (χ2v) is 7.50. The van der Waals surface area contributed by atoms with E-state index in [2.05, 4.69) is 39.8 Å². The molecule has 102 valence electrons. The van der Waals surface area contributed by atoms with Crippen molar-refractivity contribution in [2.75, 3.05) is 0 Å². The third-order valence-corrected chi connectivity index (χ3v) is 5.45. The number of benzene rings is 1. The monoisotopic (exact) mass is 256 g/mol. The third kappa shape index (κ3) is 2.50. The summed E-state index contributed by atoms with van der Waals surface area (Å²) in [6, 6.07) is 6.38. The van der Waals surface area contributed by atoms with E-state index in [1.54, 1.807) is 6.92 Å². The Morgan fingerprint density at radius 2 is 1.63 bits per heavy atom. The number of carbonyl (C=O) groups excluding carboxylic acids is 1. The number of hydrogen-bond donors (Lipinski definition) is 0. The average molecular weight is 256 g/mol. The minimum atomic E-state index is 0.163. The number of rotatable bonds is 2. The van der Waals surface area contributed by atoms with Crippen LogP contribution in [0.3, 0.4) is 0 Å². The van der Waals surface area contributed by atoms with Crippen LogP contribution in [0.4, 0.5) is 0 Å². The minimum absolute atomic E-state index is 0.163. The van der Waals surface area contributed by atoms with Gasteiger partial charge in [-0.15, -0.1) is 0 Å². The van der Waals surface area contributed by atoms with Crippen molar-refractivity contribution in [2.45, 2.75) is 54.2 Å². The normalized spacial score (nSPS) is 20.6. The molecular weight excluding hydrogens is 231 g/mol. The first-order chi connectivity index (χ1) is 8.64. The molecule has 1 heterocycles. The van der Waals surface area contributed by atoms with Crippen LogP contribution < -0.4 is 5.46 Å². The lowest BCUT2D eigenvalue weighted by molar-refractivity contribution is 0.101. The van der Waals surface area contributed by atoms with Crippen molar-refractivity contribution in [1.82, 2.24) is 0 Å². The van der Waals surface area contributed by atoms with E-state index >= 15 is 0 Å². The van der Waals surface area contributed by atoms with E-state index in [1.807, 2.05) is 13.0 Å². The van der Waals surface area contributed by atoms with Crippen molar-refractivity contribution in [3.63, 3.8) is 0 Å². The van der Waals surface area contributed by atoms with Gasteiger partial charge >= 0.3 is 0 Å². The smallest absolute Gasteiger partial charge is 0.176 e. The molecule has 2 heteroatoms. The molecule has 0 atom stereocenters. The van der Waals surface area contributed by atoms with Crippen LogP contribution in [-0.2, 0) is 0 Å². The van der Waals surface area contributed by atoms with Crippen LogP contribution in [0.1, 0.15) is 50.5 Å². The maximum atomic E-state index is 11.5. The standard InChI is InChI=1S/C17H25BO/c1-12-9-14(7-8-15(12)13(2)19)18-10-16(3,4)17(5,6)11-18/h7-9H,10-11H2,1-6H3. The van der Waals surface area contributed by atoms with Gasteiger partial charge in [0.25, 0.3) is 0 Å². The average Bonchev–Trinajstić information content (AvgIpc) is 2.47. The topological polar surface area (TPSA) is 17.1 Å². The number of ketones is 1. The molecule has 0 bridgehead atoms. The predicted molar refractivity (Wildman–Crippen MR) is 83.7 cm³/mol. The lowest BCUT2D eigenvalue weighted by Crippen LogP contribution is -2.28. The van der Waals surface area contributed by atoms with Crippen LogP contribution in [0.15, 0.2) is 18.2 Å². The fourth-order valence-corrected chi connectivity index (χ4v) is 3.43. The molecule has 0 amide bonds. The predicted octanol–water partition coefficient (Wildman–Crippen LogP) is 3.97. The first-order valence-corrected chi connectivity index (χ1v) is 7.25. The molecule has 0 spiro atoms. The summed E-state index contributed by atoms with van der Waals surface area (Å²) in [6.07, 6.45) is 2.47. The first-order valence-electron chi connectivity index (χ1n) is 7.25. The van der Waals surface area contributed by atoms with E-state index in [4.69, 9.17) is 0 Å². The van der Waals surface area contributed by atoms with Gasteiger partial charge in [0.1, 0.15) is 0 Å². The molecule has 1 nitrogen and oxygen atoms in total. The van der Waals surface area contributed by atoms with Crippen LogP contribution in [0, 0.1) is 17.8 Å². The Balaban J connectivity index is 2.31. The van der Waals surface area contributed by atoms with Crippen LogP contribution in [-0.4, -0.2) is 12.5 Å². The van der Waals surface area contributed by atoms with E-state index < -0.39 is 0 Å². The second kappa shape index (κ2) is 4.50. The SMILES string of the molecule is CC(=O)c1ccc(B2CC(C)(C)C(C)(C)C2)cc1C. The van der Waals surface area contributed by atoms with E-state index in [9.17, 15) is 4.79 Å². The summed E-state index contributed by atoms with van der Waals surface area (Å²) in [6.45, 7) is 13.8.